The maximum Gasteiger partial charge on any atom is 0.135 e. The van der Waals surface area contributed by atoms with Crippen LogP contribution in [-0.2, 0) is 0 Å². The number of fused-ring (bicyclic) bond motifs is 10. The van der Waals surface area contributed by atoms with Crippen LogP contribution in [-0.4, -0.2) is 46.0 Å². The summed E-state index contributed by atoms with van der Waals surface area (Å²) in [4.78, 5) is 0. The third-order valence-corrected chi connectivity index (χ3v) is 13.6. The van der Waals surface area contributed by atoms with E-state index in [1.807, 2.05) is 18.2 Å². The number of ether oxygens (including phenoxy) is 3. The van der Waals surface area contributed by atoms with E-state index in [0.29, 0.717) is 89.6 Å². The van der Waals surface area contributed by atoms with Gasteiger partial charge in [-0.25, -0.2) is 0 Å². The number of phenolic OH excluding ortho intramolecular Hbond substituents is 9. The second kappa shape index (κ2) is 15.1. The van der Waals surface area contributed by atoms with E-state index in [-0.39, 0.29) is 51.7 Å². The highest BCUT2D eigenvalue weighted by atomic mass is 16.5. The van der Waals surface area contributed by atoms with E-state index in [1.165, 1.54) is 24.3 Å². The molecular formula is C56H40O12. The molecule has 8 aromatic carbocycles. The Morgan fingerprint density at radius 3 is 1.32 bits per heavy atom. The first-order valence-corrected chi connectivity index (χ1v) is 21.9. The number of benzene rings is 8. The van der Waals surface area contributed by atoms with Crippen molar-refractivity contribution < 1.29 is 60.2 Å². The van der Waals surface area contributed by atoms with Crippen LogP contribution in [0.3, 0.4) is 0 Å². The van der Waals surface area contributed by atoms with Gasteiger partial charge >= 0.3 is 0 Å². The summed E-state index contributed by atoms with van der Waals surface area (Å²) >= 11 is 0. The molecule has 0 unspecified atom stereocenters. The Morgan fingerprint density at radius 2 is 0.750 bits per heavy atom. The minimum Gasteiger partial charge on any atom is -0.508 e. The van der Waals surface area contributed by atoms with Gasteiger partial charge in [-0.1, -0.05) is 48.6 Å². The third-order valence-electron chi connectivity index (χ3n) is 13.6. The molecule has 4 aliphatic rings. The van der Waals surface area contributed by atoms with Crippen LogP contribution in [0.4, 0.5) is 0 Å². The van der Waals surface area contributed by atoms with Gasteiger partial charge in [-0.15, -0.1) is 0 Å². The Hall–Kier alpha value is -8.90. The zero-order valence-corrected chi connectivity index (χ0v) is 35.6. The summed E-state index contributed by atoms with van der Waals surface area (Å²) in [6.07, 6.45) is 1.36. The van der Waals surface area contributed by atoms with Gasteiger partial charge in [-0.3, -0.25) is 0 Å². The molecule has 0 fully saturated rings. The van der Waals surface area contributed by atoms with E-state index in [4.69, 9.17) is 14.2 Å². The first-order chi connectivity index (χ1) is 32.8. The van der Waals surface area contributed by atoms with Gasteiger partial charge in [0.05, 0.1) is 17.8 Å². The Kier molecular flexibility index (Phi) is 9.00. The first kappa shape index (κ1) is 40.6. The molecule has 12 rings (SSSR count). The molecule has 3 aliphatic heterocycles. The van der Waals surface area contributed by atoms with Crippen LogP contribution in [0.1, 0.15) is 97.3 Å². The molecule has 12 nitrogen and oxygen atoms in total. The molecular weight excluding hydrogens is 865 g/mol. The topological polar surface area (TPSA) is 210 Å². The summed E-state index contributed by atoms with van der Waals surface area (Å²) in [7, 11) is 0. The fraction of sp³-hybridized carbons (Fsp3) is 0.107. The number of phenols is 9. The molecule has 8 aromatic rings. The van der Waals surface area contributed by atoms with Gasteiger partial charge < -0.3 is 60.2 Å². The van der Waals surface area contributed by atoms with Gasteiger partial charge in [-0.2, -0.15) is 0 Å². The lowest BCUT2D eigenvalue weighted by atomic mass is 9.74. The summed E-state index contributed by atoms with van der Waals surface area (Å²) < 4.78 is 20.9. The summed E-state index contributed by atoms with van der Waals surface area (Å²) in [6.45, 7) is 0. The summed E-state index contributed by atoms with van der Waals surface area (Å²) in [6, 6.07) is 37.0. The molecule has 68 heavy (non-hydrogen) atoms. The van der Waals surface area contributed by atoms with E-state index in [0.717, 1.165) is 0 Å². The molecule has 12 heteroatoms. The summed E-state index contributed by atoms with van der Waals surface area (Å²) in [5, 5.41) is 99.5. The predicted octanol–water partition coefficient (Wildman–Crippen LogP) is 11.0. The summed E-state index contributed by atoms with van der Waals surface area (Å²) in [5.41, 5.74) is 7.37. The Bertz CT molecular complexity index is 3380. The monoisotopic (exact) mass is 904 g/mol. The standard InChI is InChI=1S/C56H40O12/c57-32-8-3-27(4-9-32)54-48(30-16-34(59)21-35(60)17-30)50-39-12-1-26-2-13-43(64)40(15-26)41-20-29(7-14-44(41)65)56-49(31-18-36(61)22-37(62)19-31)52-42(23-38(63)24-45(52)66-56)53-51(39)47(25-46(50)67-54)68-55(53)28-5-10-33(58)11-6-28/h1-25,48-49,53-65H/t48-,49-,53+,54+,55-,56+/m1/s1. The minimum atomic E-state index is -0.879. The molecule has 0 spiro atoms. The van der Waals surface area contributed by atoms with Crippen LogP contribution >= 0.6 is 0 Å². The first-order valence-electron chi connectivity index (χ1n) is 21.9. The molecule has 6 bridgehead atoms. The fourth-order valence-corrected chi connectivity index (χ4v) is 10.8. The highest BCUT2D eigenvalue weighted by Gasteiger charge is 2.49. The van der Waals surface area contributed by atoms with E-state index < -0.39 is 36.1 Å². The minimum absolute atomic E-state index is 0.0413. The average molecular weight is 905 g/mol. The number of hydrogen-bond acceptors (Lipinski definition) is 12. The molecule has 0 radical (unpaired) electrons. The van der Waals surface area contributed by atoms with Crippen molar-refractivity contribution in [3.8, 4) is 80.1 Å². The van der Waals surface area contributed by atoms with Crippen molar-refractivity contribution in [1.82, 2.24) is 0 Å². The van der Waals surface area contributed by atoms with Crippen LogP contribution in [0, 0.1) is 0 Å². The molecule has 9 N–H and O–H groups in total. The molecule has 3 heterocycles. The van der Waals surface area contributed by atoms with Crippen molar-refractivity contribution in [2.45, 2.75) is 36.1 Å². The van der Waals surface area contributed by atoms with Crippen LogP contribution in [0.25, 0.3) is 23.3 Å². The largest absolute Gasteiger partial charge is 0.508 e. The van der Waals surface area contributed by atoms with E-state index >= 15 is 0 Å². The van der Waals surface area contributed by atoms with Crippen molar-refractivity contribution in [3.05, 3.63) is 201 Å². The van der Waals surface area contributed by atoms with Crippen molar-refractivity contribution in [1.29, 1.82) is 0 Å². The Labute approximate surface area is 388 Å². The fourth-order valence-electron chi connectivity index (χ4n) is 10.8. The number of rotatable bonds is 4. The van der Waals surface area contributed by atoms with Crippen molar-refractivity contribution in [3.63, 3.8) is 0 Å². The maximum atomic E-state index is 11.8. The van der Waals surface area contributed by atoms with E-state index in [9.17, 15) is 46.0 Å². The maximum absolute atomic E-state index is 11.8. The van der Waals surface area contributed by atoms with Crippen molar-refractivity contribution in [2.24, 2.45) is 0 Å². The van der Waals surface area contributed by atoms with Gasteiger partial charge in [0.1, 0.15) is 87.3 Å². The Morgan fingerprint density at radius 1 is 0.309 bits per heavy atom. The summed E-state index contributed by atoms with van der Waals surface area (Å²) in [5.74, 6) is -2.04. The molecule has 0 saturated carbocycles. The lowest BCUT2D eigenvalue weighted by Gasteiger charge is -2.27. The SMILES string of the molecule is Oc1ccc([C@H]2Oc3cc4c(c5c3[C@@H]2c2cc(O)cc3c2[C@@H](c2cc(O)cc(O)c2)[C@@H](O3)c2ccc(O)c(c2)-c2cc(ccc2O)C=C5)[C@@H](c2cc(O)cc(O)c2)[C@H](c2ccc(O)cc2)O4)cc1. The van der Waals surface area contributed by atoms with Gasteiger partial charge in [0.25, 0.3) is 0 Å². The van der Waals surface area contributed by atoms with Crippen LogP contribution in [0.2, 0.25) is 0 Å². The molecule has 0 saturated heterocycles. The van der Waals surface area contributed by atoms with Gasteiger partial charge in [0.15, 0.2) is 0 Å². The Balaban J connectivity index is 1.21. The number of hydrogen-bond donors (Lipinski definition) is 9. The quantitative estimate of drug-likeness (QED) is 0.0808. The highest BCUT2D eigenvalue weighted by Crippen LogP contribution is 2.63. The van der Waals surface area contributed by atoms with Crippen molar-refractivity contribution >= 4 is 12.2 Å². The molecule has 0 aromatic heterocycles. The van der Waals surface area contributed by atoms with Gasteiger partial charge in [0.2, 0.25) is 0 Å². The van der Waals surface area contributed by atoms with Crippen LogP contribution in [0.15, 0.2) is 140 Å². The highest BCUT2D eigenvalue weighted by molar-refractivity contribution is 5.84. The molecule has 1 aliphatic carbocycles. The van der Waals surface area contributed by atoms with E-state index in [1.54, 1.807) is 109 Å². The zero-order chi connectivity index (χ0) is 46.7. The average Bonchev–Trinajstić information content (AvgIpc) is 4.00. The van der Waals surface area contributed by atoms with Gasteiger partial charge in [0, 0.05) is 52.1 Å². The normalized spacial score (nSPS) is 20.3. The second-order valence-corrected chi connectivity index (χ2v) is 17.7. The number of aromatic hydroxyl groups is 9. The predicted molar refractivity (Wildman–Crippen MR) is 250 cm³/mol. The lowest BCUT2D eigenvalue weighted by molar-refractivity contribution is 0.212. The molecule has 0 amide bonds. The van der Waals surface area contributed by atoms with Gasteiger partial charge in [-0.05, 0) is 123 Å². The van der Waals surface area contributed by atoms with Crippen LogP contribution in [0.5, 0.6) is 69.0 Å². The zero-order valence-electron chi connectivity index (χ0n) is 35.6. The molecule has 6 atom stereocenters. The van der Waals surface area contributed by atoms with Crippen LogP contribution < -0.4 is 14.2 Å². The second-order valence-electron chi connectivity index (χ2n) is 17.7. The smallest absolute Gasteiger partial charge is 0.135 e. The van der Waals surface area contributed by atoms with Crippen molar-refractivity contribution in [2.75, 3.05) is 0 Å². The lowest BCUT2D eigenvalue weighted by Crippen LogP contribution is -2.17. The van der Waals surface area contributed by atoms with E-state index in [2.05, 4.69) is 0 Å². The molecule has 336 valence electrons. The third kappa shape index (κ3) is 6.51.